The Morgan fingerprint density at radius 3 is 2.57 bits per heavy atom. The fraction of sp³-hybridized carbons (Fsp3) is 0. The molecule has 0 aliphatic carbocycles. The highest BCUT2D eigenvalue weighted by Crippen LogP contribution is 2.17. The van der Waals surface area contributed by atoms with Crippen LogP contribution in [-0.4, -0.2) is 22.9 Å². The lowest BCUT2D eigenvalue weighted by Gasteiger charge is -2.00. The van der Waals surface area contributed by atoms with Crippen LogP contribution in [0.2, 0.25) is 0 Å². The fourth-order valence-corrected chi connectivity index (χ4v) is 1.82. The van der Waals surface area contributed by atoms with Crippen molar-refractivity contribution in [3.8, 4) is 0 Å². The van der Waals surface area contributed by atoms with Crippen LogP contribution in [0.4, 0.5) is 0 Å². The molecule has 2 rings (SSSR count). The average Bonchev–Trinajstić information content (AvgIpc) is 2.15. The standard InChI is InChI=1S/C8H6N2O3S/c11-14(12,13)8-6-3-1-2-4-7(6)9-5-10-8/h1-5H,(H,11,12,13). The van der Waals surface area contributed by atoms with Gasteiger partial charge in [0, 0.05) is 5.39 Å². The van der Waals surface area contributed by atoms with E-state index in [0.717, 1.165) is 6.33 Å². The highest BCUT2D eigenvalue weighted by molar-refractivity contribution is 7.86. The number of nitrogens with zero attached hydrogens (tertiary/aromatic N) is 2. The van der Waals surface area contributed by atoms with Gasteiger partial charge in [-0.25, -0.2) is 9.97 Å². The van der Waals surface area contributed by atoms with E-state index in [1.165, 1.54) is 0 Å². The van der Waals surface area contributed by atoms with Crippen LogP contribution in [0.25, 0.3) is 10.9 Å². The zero-order valence-electron chi connectivity index (χ0n) is 6.95. The molecule has 1 N–H and O–H groups in total. The van der Waals surface area contributed by atoms with Gasteiger partial charge < -0.3 is 0 Å². The molecule has 0 saturated heterocycles. The third kappa shape index (κ3) is 1.45. The summed E-state index contributed by atoms with van der Waals surface area (Å²) in [6.07, 6.45) is 1.10. The Hall–Kier alpha value is -1.53. The van der Waals surface area contributed by atoms with Gasteiger partial charge in [0.2, 0.25) is 0 Å². The molecule has 1 aromatic heterocycles. The molecule has 1 heterocycles. The SMILES string of the molecule is O=S(=O)(O)c1ncnc2ccccc12. The molecule has 0 spiro atoms. The lowest BCUT2D eigenvalue weighted by Crippen LogP contribution is -2.02. The Labute approximate surface area is 80.2 Å². The summed E-state index contributed by atoms with van der Waals surface area (Å²) in [7, 11) is -4.28. The van der Waals surface area contributed by atoms with Gasteiger partial charge in [0.15, 0.2) is 5.03 Å². The number of hydrogen-bond acceptors (Lipinski definition) is 4. The van der Waals surface area contributed by atoms with Crippen LogP contribution in [0.1, 0.15) is 0 Å². The number of rotatable bonds is 1. The Morgan fingerprint density at radius 2 is 1.86 bits per heavy atom. The van der Waals surface area contributed by atoms with Gasteiger partial charge in [-0.15, -0.1) is 0 Å². The minimum atomic E-state index is -4.28. The van der Waals surface area contributed by atoms with Crippen molar-refractivity contribution in [3.05, 3.63) is 30.6 Å². The van der Waals surface area contributed by atoms with Crippen molar-refractivity contribution in [3.63, 3.8) is 0 Å². The minimum Gasteiger partial charge on any atom is -0.281 e. The van der Waals surface area contributed by atoms with E-state index in [0.29, 0.717) is 10.9 Å². The molecule has 0 unspecified atom stereocenters. The van der Waals surface area contributed by atoms with E-state index < -0.39 is 10.1 Å². The zero-order chi connectivity index (χ0) is 10.2. The molecule has 72 valence electrons. The summed E-state index contributed by atoms with van der Waals surface area (Å²) in [6.45, 7) is 0. The first-order chi connectivity index (χ1) is 6.59. The summed E-state index contributed by atoms with van der Waals surface area (Å²) in [5.74, 6) is 0. The molecule has 0 amide bonds. The van der Waals surface area contributed by atoms with E-state index in [1.807, 2.05) is 0 Å². The lowest BCUT2D eigenvalue weighted by atomic mass is 10.2. The van der Waals surface area contributed by atoms with Crippen LogP contribution in [0.5, 0.6) is 0 Å². The molecule has 0 radical (unpaired) electrons. The zero-order valence-corrected chi connectivity index (χ0v) is 7.77. The van der Waals surface area contributed by atoms with Crippen molar-refractivity contribution in [1.82, 2.24) is 9.97 Å². The first-order valence-corrected chi connectivity index (χ1v) is 5.20. The highest BCUT2D eigenvalue weighted by Gasteiger charge is 2.15. The topological polar surface area (TPSA) is 80.2 Å². The number of benzene rings is 1. The molecule has 6 heteroatoms. The Morgan fingerprint density at radius 1 is 1.14 bits per heavy atom. The molecular formula is C8H6N2O3S. The third-order valence-corrected chi connectivity index (χ3v) is 2.56. The van der Waals surface area contributed by atoms with Crippen LogP contribution >= 0.6 is 0 Å². The van der Waals surface area contributed by atoms with Crippen molar-refractivity contribution in [2.75, 3.05) is 0 Å². The molecule has 2 aromatic rings. The van der Waals surface area contributed by atoms with E-state index in [9.17, 15) is 8.42 Å². The Balaban J connectivity index is 2.92. The predicted octanol–water partition coefficient (Wildman–Crippen LogP) is 0.877. The second-order valence-electron chi connectivity index (χ2n) is 2.67. The van der Waals surface area contributed by atoms with Crippen molar-refractivity contribution in [2.45, 2.75) is 5.03 Å². The molecule has 1 aromatic carbocycles. The van der Waals surface area contributed by atoms with E-state index in [4.69, 9.17) is 4.55 Å². The molecule has 0 aliphatic heterocycles. The second kappa shape index (κ2) is 3.00. The Kier molecular flexibility index (Phi) is 1.94. The molecule has 5 nitrogen and oxygen atoms in total. The van der Waals surface area contributed by atoms with Gasteiger partial charge in [0.25, 0.3) is 0 Å². The van der Waals surface area contributed by atoms with E-state index in [-0.39, 0.29) is 5.03 Å². The number of hydrogen-bond donors (Lipinski definition) is 1. The second-order valence-corrected chi connectivity index (χ2v) is 4.01. The van der Waals surface area contributed by atoms with E-state index in [2.05, 4.69) is 9.97 Å². The summed E-state index contributed by atoms with van der Waals surface area (Å²) < 4.78 is 30.7. The van der Waals surface area contributed by atoms with Crippen molar-refractivity contribution in [2.24, 2.45) is 0 Å². The molecule has 14 heavy (non-hydrogen) atoms. The first-order valence-electron chi connectivity index (χ1n) is 3.76. The monoisotopic (exact) mass is 210 g/mol. The van der Waals surface area contributed by atoms with Crippen LogP contribution in [0.3, 0.4) is 0 Å². The Bertz CT molecular complexity index is 575. The van der Waals surface area contributed by atoms with Gasteiger partial charge in [-0.3, -0.25) is 4.55 Å². The van der Waals surface area contributed by atoms with Crippen LogP contribution in [-0.2, 0) is 10.1 Å². The van der Waals surface area contributed by atoms with Gasteiger partial charge in [-0.1, -0.05) is 12.1 Å². The summed E-state index contributed by atoms with van der Waals surface area (Å²) in [4.78, 5) is 7.40. The summed E-state index contributed by atoms with van der Waals surface area (Å²) in [6, 6.07) is 6.56. The van der Waals surface area contributed by atoms with Gasteiger partial charge in [0.05, 0.1) is 5.52 Å². The van der Waals surface area contributed by atoms with Crippen LogP contribution in [0.15, 0.2) is 35.6 Å². The highest BCUT2D eigenvalue weighted by atomic mass is 32.2. The van der Waals surface area contributed by atoms with Crippen molar-refractivity contribution < 1.29 is 13.0 Å². The molecule has 0 aliphatic rings. The number of para-hydroxylation sites is 1. The minimum absolute atomic E-state index is 0.317. The summed E-state index contributed by atoms with van der Waals surface area (Å²) >= 11 is 0. The maximum absolute atomic E-state index is 10.9. The van der Waals surface area contributed by atoms with Crippen molar-refractivity contribution >= 4 is 21.0 Å². The molecule has 0 fully saturated rings. The van der Waals surface area contributed by atoms with Gasteiger partial charge in [-0.2, -0.15) is 8.42 Å². The normalized spacial score (nSPS) is 11.8. The molecule has 0 bridgehead atoms. The summed E-state index contributed by atoms with van der Waals surface area (Å²) in [5, 5.41) is -0.0411. The number of aromatic nitrogens is 2. The van der Waals surface area contributed by atoms with E-state index in [1.54, 1.807) is 24.3 Å². The van der Waals surface area contributed by atoms with Crippen LogP contribution < -0.4 is 0 Å². The van der Waals surface area contributed by atoms with Gasteiger partial charge >= 0.3 is 10.1 Å². The van der Waals surface area contributed by atoms with Crippen molar-refractivity contribution in [1.29, 1.82) is 0 Å². The molecule has 0 saturated carbocycles. The number of fused-ring (bicyclic) bond motifs is 1. The first kappa shape index (κ1) is 9.04. The fourth-order valence-electron chi connectivity index (χ4n) is 1.19. The molecule has 0 atom stereocenters. The summed E-state index contributed by atoms with van der Waals surface area (Å²) in [5.41, 5.74) is 0.482. The quantitative estimate of drug-likeness (QED) is 0.558. The smallest absolute Gasteiger partial charge is 0.281 e. The lowest BCUT2D eigenvalue weighted by molar-refractivity contribution is 0.480. The van der Waals surface area contributed by atoms with Gasteiger partial charge in [0.1, 0.15) is 6.33 Å². The largest absolute Gasteiger partial charge is 0.312 e. The molecular weight excluding hydrogens is 204 g/mol. The third-order valence-electron chi connectivity index (χ3n) is 1.75. The van der Waals surface area contributed by atoms with E-state index >= 15 is 0 Å². The van der Waals surface area contributed by atoms with Gasteiger partial charge in [-0.05, 0) is 12.1 Å². The maximum Gasteiger partial charge on any atom is 0.312 e. The maximum atomic E-state index is 10.9. The predicted molar refractivity (Wildman–Crippen MR) is 49.4 cm³/mol. The van der Waals surface area contributed by atoms with Crippen LogP contribution in [0, 0.1) is 0 Å². The average molecular weight is 210 g/mol.